The van der Waals surface area contributed by atoms with Crippen molar-refractivity contribution in [2.24, 2.45) is 0 Å². The summed E-state index contributed by atoms with van der Waals surface area (Å²) in [5.74, 6) is 0. The van der Waals surface area contributed by atoms with Crippen LogP contribution in [0.25, 0.3) is 0 Å². The van der Waals surface area contributed by atoms with E-state index in [4.69, 9.17) is 12.2 Å². The fourth-order valence-electron chi connectivity index (χ4n) is 3.18. The highest BCUT2D eigenvalue weighted by molar-refractivity contribution is 14.1. The first kappa shape index (κ1) is 15.7. The smallest absolute Gasteiger partial charge is 0.170 e. The highest BCUT2D eigenvalue weighted by Crippen LogP contribution is 2.42. The number of rotatable bonds is 3. The molecule has 3 heterocycles. The number of hydrogen-bond acceptors (Lipinski definition) is 2. The maximum atomic E-state index is 5.56. The molecule has 0 amide bonds. The molecule has 2 aromatic rings. The van der Waals surface area contributed by atoms with Crippen molar-refractivity contribution in [2.75, 3.05) is 6.54 Å². The van der Waals surface area contributed by atoms with Crippen LogP contribution in [0.1, 0.15) is 41.7 Å². The van der Waals surface area contributed by atoms with E-state index in [1.54, 1.807) is 0 Å². The van der Waals surface area contributed by atoms with Crippen LogP contribution in [0.2, 0.25) is 0 Å². The number of nitrogens with zero attached hydrogens (tertiary/aromatic N) is 2. The number of aromatic amines is 1. The molecular formula is C16H19IN4S. The lowest BCUT2D eigenvalue weighted by Gasteiger charge is -2.27. The van der Waals surface area contributed by atoms with Crippen LogP contribution in [-0.4, -0.2) is 26.5 Å². The van der Waals surface area contributed by atoms with Gasteiger partial charge in [0.05, 0.1) is 17.8 Å². The van der Waals surface area contributed by atoms with Gasteiger partial charge in [-0.25, -0.2) is 0 Å². The summed E-state index contributed by atoms with van der Waals surface area (Å²) in [4.78, 5) is 10.3. The van der Waals surface area contributed by atoms with Crippen molar-refractivity contribution in [3.05, 3.63) is 50.6 Å². The molecule has 0 aromatic carbocycles. The van der Waals surface area contributed by atoms with E-state index in [0.29, 0.717) is 0 Å². The molecule has 0 spiro atoms. The van der Waals surface area contributed by atoms with Gasteiger partial charge in [-0.1, -0.05) is 6.07 Å². The Balaban J connectivity index is 2.12. The number of aryl methyl sites for hydroxylation is 2. The van der Waals surface area contributed by atoms with Gasteiger partial charge < -0.3 is 15.2 Å². The molecule has 0 bridgehead atoms. The third-order valence-electron chi connectivity index (χ3n) is 4.18. The summed E-state index contributed by atoms with van der Waals surface area (Å²) in [6.07, 6.45) is 1.84. The van der Waals surface area contributed by atoms with E-state index in [0.717, 1.165) is 17.4 Å². The predicted molar refractivity (Wildman–Crippen MR) is 101 cm³/mol. The topological polar surface area (TPSA) is 44.0 Å². The molecule has 1 fully saturated rings. The Morgan fingerprint density at radius 2 is 2.09 bits per heavy atom. The van der Waals surface area contributed by atoms with Gasteiger partial charge in [-0.05, 0) is 67.7 Å². The number of H-pyrrole nitrogens is 1. The zero-order chi connectivity index (χ0) is 15.9. The van der Waals surface area contributed by atoms with E-state index in [1.807, 2.05) is 18.3 Å². The molecule has 2 atom stereocenters. The lowest BCUT2D eigenvalue weighted by atomic mass is 9.97. The Labute approximate surface area is 149 Å². The van der Waals surface area contributed by atoms with Crippen LogP contribution < -0.4 is 5.32 Å². The molecule has 1 aliphatic rings. The van der Waals surface area contributed by atoms with Crippen molar-refractivity contribution in [1.82, 2.24) is 20.2 Å². The SMILES string of the molecule is CCN1C(=S)N[C@H](c2ccccn2)[C@@H]1c1c(C)[nH]c(C)c1I. The Morgan fingerprint density at radius 1 is 1.32 bits per heavy atom. The second-order valence-electron chi connectivity index (χ2n) is 5.52. The van der Waals surface area contributed by atoms with Crippen molar-refractivity contribution in [3.8, 4) is 0 Å². The van der Waals surface area contributed by atoms with E-state index in [1.165, 1.54) is 20.5 Å². The van der Waals surface area contributed by atoms with Crippen molar-refractivity contribution in [2.45, 2.75) is 32.9 Å². The van der Waals surface area contributed by atoms with E-state index in [9.17, 15) is 0 Å². The van der Waals surface area contributed by atoms with Crippen molar-refractivity contribution < 1.29 is 0 Å². The Morgan fingerprint density at radius 3 is 2.64 bits per heavy atom. The second kappa shape index (κ2) is 6.16. The Kier molecular flexibility index (Phi) is 4.40. The van der Waals surface area contributed by atoms with E-state index in [2.05, 4.69) is 69.6 Å². The van der Waals surface area contributed by atoms with Crippen molar-refractivity contribution in [3.63, 3.8) is 0 Å². The molecular weight excluding hydrogens is 407 g/mol. The third kappa shape index (κ3) is 2.52. The minimum atomic E-state index is 0.0797. The number of aromatic nitrogens is 2. The number of nitrogens with one attached hydrogen (secondary N) is 2. The van der Waals surface area contributed by atoms with Gasteiger partial charge in [0.25, 0.3) is 0 Å². The number of halogens is 1. The summed E-state index contributed by atoms with van der Waals surface area (Å²) >= 11 is 7.99. The van der Waals surface area contributed by atoms with Crippen LogP contribution in [0.15, 0.2) is 24.4 Å². The fourth-order valence-corrected chi connectivity index (χ4v) is 4.41. The molecule has 2 N–H and O–H groups in total. The Hall–Kier alpha value is -1.15. The molecule has 0 saturated carbocycles. The summed E-state index contributed by atoms with van der Waals surface area (Å²) in [5.41, 5.74) is 4.77. The normalized spacial score (nSPS) is 21.3. The Bertz CT molecular complexity index is 698. The van der Waals surface area contributed by atoms with Gasteiger partial charge in [0.2, 0.25) is 0 Å². The maximum Gasteiger partial charge on any atom is 0.170 e. The summed E-state index contributed by atoms with van der Waals surface area (Å²) in [5, 5.41) is 4.26. The van der Waals surface area contributed by atoms with Gasteiger partial charge >= 0.3 is 0 Å². The molecule has 0 aliphatic carbocycles. The zero-order valence-electron chi connectivity index (χ0n) is 12.9. The number of pyridine rings is 1. The lowest BCUT2D eigenvalue weighted by Crippen LogP contribution is -2.29. The van der Waals surface area contributed by atoms with Gasteiger partial charge in [-0.15, -0.1) is 0 Å². The zero-order valence-corrected chi connectivity index (χ0v) is 15.8. The first-order valence-corrected chi connectivity index (χ1v) is 8.86. The molecule has 0 radical (unpaired) electrons. The monoisotopic (exact) mass is 426 g/mol. The van der Waals surface area contributed by atoms with Crippen LogP contribution in [0.4, 0.5) is 0 Å². The third-order valence-corrected chi connectivity index (χ3v) is 5.92. The van der Waals surface area contributed by atoms with Gasteiger partial charge in [-0.2, -0.15) is 0 Å². The predicted octanol–water partition coefficient (Wildman–Crippen LogP) is 3.62. The van der Waals surface area contributed by atoms with Gasteiger partial charge in [0, 0.05) is 33.3 Å². The maximum absolute atomic E-state index is 5.56. The summed E-state index contributed by atoms with van der Waals surface area (Å²) in [6.45, 7) is 7.27. The molecule has 4 nitrogen and oxygen atoms in total. The minimum Gasteiger partial charge on any atom is -0.362 e. The highest BCUT2D eigenvalue weighted by Gasteiger charge is 2.41. The lowest BCUT2D eigenvalue weighted by molar-refractivity contribution is 0.328. The van der Waals surface area contributed by atoms with Gasteiger partial charge in [0.1, 0.15) is 0 Å². The van der Waals surface area contributed by atoms with Crippen LogP contribution in [0.5, 0.6) is 0 Å². The average molecular weight is 426 g/mol. The first-order chi connectivity index (χ1) is 10.5. The molecule has 1 saturated heterocycles. The van der Waals surface area contributed by atoms with Crippen LogP contribution in [-0.2, 0) is 0 Å². The molecule has 22 heavy (non-hydrogen) atoms. The van der Waals surface area contributed by atoms with Crippen LogP contribution in [0.3, 0.4) is 0 Å². The molecule has 3 rings (SSSR count). The molecule has 116 valence electrons. The summed E-state index contributed by atoms with van der Waals surface area (Å²) < 4.78 is 1.28. The second-order valence-corrected chi connectivity index (χ2v) is 6.98. The summed E-state index contributed by atoms with van der Waals surface area (Å²) in [6, 6.07) is 6.28. The number of likely N-dealkylation sites (N-methyl/N-ethyl adjacent to an activating group) is 1. The fraction of sp³-hybridized carbons (Fsp3) is 0.375. The minimum absolute atomic E-state index is 0.0797. The van der Waals surface area contributed by atoms with Crippen molar-refractivity contribution in [1.29, 1.82) is 0 Å². The summed E-state index contributed by atoms with van der Waals surface area (Å²) in [7, 11) is 0. The molecule has 0 unspecified atom stereocenters. The molecule has 6 heteroatoms. The highest BCUT2D eigenvalue weighted by atomic mass is 127. The quantitative estimate of drug-likeness (QED) is 0.582. The van der Waals surface area contributed by atoms with Crippen molar-refractivity contribution >= 4 is 39.9 Å². The number of thiocarbonyl (C=S) groups is 1. The first-order valence-electron chi connectivity index (χ1n) is 7.37. The molecule has 2 aromatic heterocycles. The van der Waals surface area contributed by atoms with E-state index in [-0.39, 0.29) is 12.1 Å². The van der Waals surface area contributed by atoms with Gasteiger partial charge in [0.15, 0.2) is 5.11 Å². The molecule has 1 aliphatic heterocycles. The van der Waals surface area contributed by atoms with E-state index >= 15 is 0 Å². The largest absolute Gasteiger partial charge is 0.362 e. The number of hydrogen-bond donors (Lipinski definition) is 2. The average Bonchev–Trinajstić information content (AvgIpc) is 2.96. The standard InChI is InChI=1S/C16H19IN4S/c1-4-21-15(12-9(2)19-10(3)13(12)17)14(20-16(21)22)11-7-5-6-8-18-11/h5-8,14-15,19H,4H2,1-3H3,(H,20,22)/t14-,15+/m1/s1. The van der Waals surface area contributed by atoms with Crippen LogP contribution >= 0.6 is 34.8 Å². The van der Waals surface area contributed by atoms with Crippen LogP contribution in [0, 0.1) is 17.4 Å². The van der Waals surface area contributed by atoms with E-state index < -0.39 is 0 Å². The van der Waals surface area contributed by atoms with Gasteiger partial charge in [-0.3, -0.25) is 4.98 Å².